The van der Waals surface area contributed by atoms with E-state index in [0.29, 0.717) is 38.8 Å². The zero-order chi connectivity index (χ0) is 27.2. The van der Waals surface area contributed by atoms with Crippen LogP contribution < -0.4 is 10.9 Å². The molecule has 10 heteroatoms. The molecule has 0 saturated carbocycles. The standard InChI is InChI=1S/C26H42N2O7S/c1-6-27-28-25(31)22(21-12-9-11-20(17-21)14-15-23(29)34-7-2)13-10-16-26(4,5)19-36(32,33)18-24(30)35-8-3/h9,11-12,17,22,27H,6-8,10,13-16,18-19H2,1-5H3,(H,28,31). The van der Waals surface area contributed by atoms with Crippen molar-refractivity contribution in [1.82, 2.24) is 10.9 Å². The molecular weight excluding hydrogens is 484 g/mol. The molecule has 1 rings (SSSR count). The highest BCUT2D eigenvalue weighted by Crippen LogP contribution is 2.30. The van der Waals surface area contributed by atoms with Gasteiger partial charge in [-0.15, -0.1) is 0 Å². The second kappa shape index (κ2) is 15.6. The number of hydrogen-bond acceptors (Lipinski definition) is 8. The van der Waals surface area contributed by atoms with Crippen LogP contribution in [0.15, 0.2) is 24.3 Å². The van der Waals surface area contributed by atoms with Crippen LogP contribution in [0.2, 0.25) is 0 Å². The Bertz CT molecular complexity index is 961. The molecule has 0 aliphatic rings. The summed E-state index contributed by atoms with van der Waals surface area (Å²) >= 11 is 0. The highest BCUT2D eigenvalue weighted by molar-refractivity contribution is 7.92. The molecule has 204 valence electrons. The van der Waals surface area contributed by atoms with E-state index in [1.807, 2.05) is 45.0 Å². The molecule has 0 bridgehead atoms. The number of benzene rings is 1. The Hall–Kier alpha value is -2.46. The molecule has 0 saturated heterocycles. The molecule has 1 aromatic carbocycles. The fourth-order valence-electron chi connectivity index (χ4n) is 4.04. The van der Waals surface area contributed by atoms with Gasteiger partial charge in [0.05, 0.1) is 24.9 Å². The quantitative estimate of drug-likeness (QED) is 0.234. The molecule has 9 nitrogen and oxygen atoms in total. The summed E-state index contributed by atoms with van der Waals surface area (Å²) in [5.41, 5.74) is 6.77. The maximum Gasteiger partial charge on any atom is 0.321 e. The van der Waals surface area contributed by atoms with Gasteiger partial charge in [-0.05, 0) is 49.7 Å². The third-order valence-corrected chi connectivity index (χ3v) is 7.48. The van der Waals surface area contributed by atoms with Gasteiger partial charge in [-0.2, -0.15) is 0 Å². The van der Waals surface area contributed by atoms with Crippen LogP contribution in [-0.4, -0.2) is 57.5 Å². The molecular formula is C26H42N2O7S. The van der Waals surface area contributed by atoms with Crippen LogP contribution in [0.4, 0.5) is 0 Å². The van der Waals surface area contributed by atoms with Crippen molar-refractivity contribution in [2.75, 3.05) is 31.3 Å². The Morgan fingerprint density at radius 3 is 2.33 bits per heavy atom. The number of carbonyl (C=O) groups is 3. The number of aryl methyl sites for hydroxylation is 1. The molecule has 1 amide bonds. The lowest BCUT2D eigenvalue weighted by Gasteiger charge is -2.25. The van der Waals surface area contributed by atoms with E-state index in [0.717, 1.165) is 11.1 Å². The molecule has 2 N–H and O–H groups in total. The normalized spacial score (nSPS) is 12.6. The van der Waals surface area contributed by atoms with Gasteiger partial charge in [0.2, 0.25) is 5.91 Å². The molecule has 1 unspecified atom stereocenters. The first-order valence-corrected chi connectivity index (χ1v) is 14.4. The van der Waals surface area contributed by atoms with Crippen LogP contribution in [0, 0.1) is 5.41 Å². The fourth-order valence-corrected chi connectivity index (χ4v) is 5.92. The zero-order valence-corrected chi connectivity index (χ0v) is 23.0. The summed E-state index contributed by atoms with van der Waals surface area (Å²) in [5.74, 6) is -2.39. The Kier molecular flexibility index (Phi) is 13.7. The summed E-state index contributed by atoms with van der Waals surface area (Å²) in [7, 11) is -3.62. The number of hydrogen-bond donors (Lipinski definition) is 2. The molecule has 0 radical (unpaired) electrons. The van der Waals surface area contributed by atoms with Crippen molar-refractivity contribution in [1.29, 1.82) is 0 Å². The maximum atomic E-state index is 12.9. The van der Waals surface area contributed by atoms with Crippen LogP contribution in [0.5, 0.6) is 0 Å². The average Bonchev–Trinajstić information content (AvgIpc) is 2.78. The summed E-state index contributed by atoms with van der Waals surface area (Å²) in [6.07, 6.45) is 2.46. The summed E-state index contributed by atoms with van der Waals surface area (Å²) in [6.45, 7) is 10.0. The molecule has 1 aromatic rings. The summed E-state index contributed by atoms with van der Waals surface area (Å²) in [6, 6.07) is 7.61. The Balaban J connectivity index is 2.88. The third kappa shape index (κ3) is 12.5. The Morgan fingerprint density at radius 1 is 1.03 bits per heavy atom. The van der Waals surface area contributed by atoms with Crippen molar-refractivity contribution >= 4 is 27.7 Å². The van der Waals surface area contributed by atoms with E-state index in [1.165, 1.54) is 0 Å². The van der Waals surface area contributed by atoms with Crippen LogP contribution in [0.3, 0.4) is 0 Å². The second-order valence-corrected chi connectivity index (χ2v) is 11.6. The number of esters is 2. The van der Waals surface area contributed by atoms with Crippen molar-refractivity contribution in [2.45, 2.75) is 72.6 Å². The highest BCUT2D eigenvalue weighted by Gasteiger charge is 2.29. The largest absolute Gasteiger partial charge is 0.466 e. The van der Waals surface area contributed by atoms with E-state index < -0.39 is 32.9 Å². The van der Waals surface area contributed by atoms with Gasteiger partial charge >= 0.3 is 11.9 Å². The lowest BCUT2D eigenvalue weighted by molar-refractivity contribution is -0.143. The van der Waals surface area contributed by atoms with Crippen molar-refractivity contribution in [3.63, 3.8) is 0 Å². The van der Waals surface area contributed by atoms with Gasteiger partial charge in [0.1, 0.15) is 5.75 Å². The number of carbonyl (C=O) groups excluding carboxylic acids is 3. The first-order chi connectivity index (χ1) is 16.9. The molecule has 0 aliphatic carbocycles. The predicted octanol–water partition coefficient (Wildman–Crippen LogP) is 3.08. The van der Waals surface area contributed by atoms with Gasteiger partial charge in [-0.3, -0.25) is 19.8 Å². The van der Waals surface area contributed by atoms with Crippen molar-refractivity contribution < 1.29 is 32.3 Å². The number of hydrazine groups is 1. The van der Waals surface area contributed by atoms with E-state index in [9.17, 15) is 22.8 Å². The van der Waals surface area contributed by atoms with Gasteiger partial charge in [0, 0.05) is 13.0 Å². The average molecular weight is 527 g/mol. The number of ether oxygens (including phenoxy) is 2. The van der Waals surface area contributed by atoms with Crippen LogP contribution in [0.1, 0.15) is 77.3 Å². The van der Waals surface area contributed by atoms with E-state index in [-0.39, 0.29) is 30.7 Å². The molecule has 0 heterocycles. The van der Waals surface area contributed by atoms with Gasteiger partial charge in [-0.25, -0.2) is 13.8 Å². The third-order valence-electron chi connectivity index (χ3n) is 5.58. The van der Waals surface area contributed by atoms with E-state index in [4.69, 9.17) is 9.47 Å². The van der Waals surface area contributed by atoms with Crippen molar-refractivity contribution in [3.8, 4) is 0 Å². The van der Waals surface area contributed by atoms with Gasteiger partial charge in [-0.1, -0.05) is 51.5 Å². The molecule has 0 aliphatic heterocycles. The number of sulfone groups is 1. The van der Waals surface area contributed by atoms with Gasteiger partial charge in [0.15, 0.2) is 9.84 Å². The highest BCUT2D eigenvalue weighted by atomic mass is 32.2. The Labute approximate surface area is 215 Å². The smallest absolute Gasteiger partial charge is 0.321 e. The summed E-state index contributed by atoms with van der Waals surface area (Å²) < 4.78 is 34.7. The van der Waals surface area contributed by atoms with Crippen molar-refractivity contribution in [2.24, 2.45) is 5.41 Å². The first kappa shape index (κ1) is 31.6. The topological polar surface area (TPSA) is 128 Å². The van der Waals surface area contributed by atoms with Crippen LogP contribution >= 0.6 is 0 Å². The maximum absolute atomic E-state index is 12.9. The van der Waals surface area contributed by atoms with Crippen LogP contribution in [-0.2, 0) is 40.1 Å². The number of rotatable bonds is 17. The lowest BCUT2D eigenvalue weighted by atomic mass is 9.85. The lowest BCUT2D eigenvalue weighted by Crippen LogP contribution is -2.40. The summed E-state index contributed by atoms with van der Waals surface area (Å²) in [5, 5.41) is 0. The fraction of sp³-hybridized carbons (Fsp3) is 0.654. The Morgan fingerprint density at radius 2 is 1.69 bits per heavy atom. The summed E-state index contributed by atoms with van der Waals surface area (Å²) in [4.78, 5) is 36.3. The SMILES string of the molecule is CCNNC(=O)C(CCCC(C)(C)CS(=O)(=O)CC(=O)OCC)c1cccc(CCC(=O)OCC)c1. The van der Waals surface area contributed by atoms with Gasteiger partial charge < -0.3 is 9.47 Å². The second-order valence-electron chi connectivity index (χ2n) is 9.52. The molecule has 0 spiro atoms. The molecule has 0 aromatic heterocycles. The van der Waals surface area contributed by atoms with Gasteiger partial charge in [0.25, 0.3) is 0 Å². The number of nitrogens with one attached hydrogen (secondary N) is 2. The van der Waals surface area contributed by atoms with E-state index in [1.54, 1.807) is 13.8 Å². The molecule has 0 fully saturated rings. The van der Waals surface area contributed by atoms with Crippen molar-refractivity contribution in [3.05, 3.63) is 35.4 Å². The monoisotopic (exact) mass is 526 g/mol. The minimum atomic E-state index is -3.62. The van der Waals surface area contributed by atoms with Crippen LogP contribution in [0.25, 0.3) is 0 Å². The minimum Gasteiger partial charge on any atom is -0.466 e. The van der Waals surface area contributed by atoms with E-state index >= 15 is 0 Å². The van der Waals surface area contributed by atoms with E-state index in [2.05, 4.69) is 10.9 Å². The molecule has 1 atom stereocenters. The number of amides is 1. The minimum absolute atomic E-state index is 0.137. The first-order valence-electron chi connectivity index (χ1n) is 12.6. The zero-order valence-electron chi connectivity index (χ0n) is 22.2. The molecule has 36 heavy (non-hydrogen) atoms. The predicted molar refractivity (Wildman–Crippen MR) is 139 cm³/mol.